The van der Waals surface area contributed by atoms with Gasteiger partial charge in [0.25, 0.3) is 10.0 Å². The Morgan fingerprint density at radius 1 is 1.50 bits per heavy atom. The van der Waals surface area contributed by atoms with Gasteiger partial charge in [-0.25, -0.2) is 17.8 Å². The molecule has 6 nitrogen and oxygen atoms in total. The van der Waals surface area contributed by atoms with Gasteiger partial charge in [0, 0.05) is 29.5 Å². The van der Waals surface area contributed by atoms with Crippen molar-refractivity contribution >= 4 is 48.8 Å². The smallest absolute Gasteiger partial charge is 0.266 e. The van der Waals surface area contributed by atoms with E-state index in [0.717, 1.165) is 19.5 Å². The van der Waals surface area contributed by atoms with Crippen LogP contribution in [-0.2, 0) is 10.0 Å². The van der Waals surface area contributed by atoms with Gasteiger partial charge in [0.1, 0.15) is 10.7 Å². The molecule has 2 N–H and O–H groups in total. The molecule has 1 saturated heterocycles. The number of thiazole rings is 1. The molecule has 1 atom stereocenters. The van der Waals surface area contributed by atoms with Crippen molar-refractivity contribution in [2.45, 2.75) is 17.4 Å². The number of anilines is 2. The van der Waals surface area contributed by atoms with Crippen molar-refractivity contribution < 1.29 is 12.8 Å². The molecule has 2 heterocycles. The summed E-state index contributed by atoms with van der Waals surface area (Å²) >= 11 is 4.61. The van der Waals surface area contributed by atoms with Crippen LogP contribution in [-0.4, -0.2) is 39.6 Å². The average molecular weight is 435 g/mol. The summed E-state index contributed by atoms with van der Waals surface area (Å²) in [7, 11) is -2.17. The Balaban J connectivity index is 1.92. The van der Waals surface area contributed by atoms with E-state index in [-0.39, 0.29) is 11.9 Å². The number of rotatable bonds is 5. The van der Waals surface area contributed by atoms with Crippen molar-refractivity contribution in [3.63, 3.8) is 0 Å². The maximum atomic E-state index is 14.5. The van der Waals surface area contributed by atoms with Crippen LogP contribution < -0.4 is 14.9 Å². The van der Waals surface area contributed by atoms with Gasteiger partial charge in [-0.05, 0) is 41.0 Å². The molecule has 1 aliphatic heterocycles. The first-order valence-corrected chi connectivity index (χ1v) is 10.4. The van der Waals surface area contributed by atoms with Crippen molar-refractivity contribution in [1.82, 2.24) is 10.3 Å². The number of hydrogen-bond acceptors (Lipinski definition) is 6. The number of benzene rings is 1. The number of likely N-dealkylation sites (N-methyl/N-ethyl adjacent to an activating group) is 1. The van der Waals surface area contributed by atoms with E-state index >= 15 is 0 Å². The normalized spacial score (nSPS) is 17.9. The van der Waals surface area contributed by atoms with Gasteiger partial charge in [-0.2, -0.15) is 0 Å². The highest BCUT2D eigenvalue weighted by molar-refractivity contribution is 9.10. The number of sulfonamides is 1. The lowest BCUT2D eigenvalue weighted by Gasteiger charge is -2.27. The van der Waals surface area contributed by atoms with E-state index in [1.54, 1.807) is 5.38 Å². The quantitative estimate of drug-likeness (QED) is 0.756. The second-order valence-electron chi connectivity index (χ2n) is 5.47. The van der Waals surface area contributed by atoms with Crippen LogP contribution in [0.25, 0.3) is 0 Å². The van der Waals surface area contributed by atoms with Gasteiger partial charge in [0.15, 0.2) is 5.82 Å². The summed E-state index contributed by atoms with van der Waals surface area (Å²) in [4.78, 5) is 5.40. The Morgan fingerprint density at radius 3 is 2.92 bits per heavy atom. The SMILES string of the molecule is CN(c1cc(F)c(S(=O)(=O)Nc2cscn2)cc1Br)C1CCNC1. The van der Waals surface area contributed by atoms with E-state index < -0.39 is 20.7 Å². The minimum Gasteiger partial charge on any atom is -0.369 e. The van der Waals surface area contributed by atoms with Crippen molar-refractivity contribution in [1.29, 1.82) is 0 Å². The fourth-order valence-corrected chi connectivity index (χ4v) is 5.04. The van der Waals surface area contributed by atoms with Gasteiger partial charge in [0.05, 0.1) is 11.2 Å². The molecule has 0 spiro atoms. The lowest BCUT2D eigenvalue weighted by Crippen LogP contribution is -2.33. The molecule has 0 amide bonds. The number of hydrogen-bond donors (Lipinski definition) is 2. The van der Waals surface area contributed by atoms with Crippen LogP contribution in [0.4, 0.5) is 15.9 Å². The molecule has 0 radical (unpaired) electrons. The van der Waals surface area contributed by atoms with Crippen LogP contribution in [0.15, 0.2) is 32.4 Å². The van der Waals surface area contributed by atoms with Crippen LogP contribution >= 0.6 is 27.3 Å². The molecule has 10 heteroatoms. The van der Waals surface area contributed by atoms with E-state index in [0.29, 0.717) is 10.2 Å². The highest BCUT2D eigenvalue weighted by Crippen LogP contribution is 2.33. The van der Waals surface area contributed by atoms with Gasteiger partial charge < -0.3 is 10.2 Å². The third-order valence-electron chi connectivity index (χ3n) is 3.92. The lowest BCUT2D eigenvalue weighted by atomic mass is 10.2. The Bertz CT molecular complexity index is 824. The average Bonchev–Trinajstić information content (AvgIpc) is 3.21. The summed E-state index contributed by atoms with van der Waals surface area (Å²) < 4.78 is 42.1. The molecule has 1 unspecified atom stereocenters. The Labute approximate surface area is 152 Å². The van der Waals surface area contributed by atoms with E-state index in [9.17, 15) is 12.8 Å². The van der Waals surface area contributed by atoms with E-state index in [2.05, 4.69) is 31.0 Å². The summed E-state index contributed by atoms with van der Waals surface area (Å²) in [6.07, 6.45) is 0.954. The molecule has 130 valence electrons. The van der Waals surface area contributed by atoms with Crippen LogP contribution in [0, 0.1) is 5.82 Å². The molecule has 1 aliphatic rings. The van der Waals surface area contributed by atoms with Crippen molar-refractivity contribution in [2.24, 2.45) is 0 Å². The Hall–Kier alpha value is -1.23. The summed E-state index contributed by atoms with van der Waals surface area (Å²) in [5, 5.41) is 4.80. The molecular weight excluding hydrogens is 419 g/mol. The number of nitrogens with zero attached hydrogens (tertiary/aromatic N) is 2. The Morgan fingerprint density at radius 2 is 2.29 bits per heavy atom. The van der Waals surface area contributed by atoms with Crippen molar-refractivity contribution in [2.75, 3.05) is 29.8 Å². The zero-order valence-corrected chi connectivity index (χ0v) is 16.0. The van der Waals surface area contributed by atoms with Gasteiger partial charge in [-0.1, -0.05) is 0 Å². The summed E-state index contributed by atoms with van der Waals surface area (Å²) in [6, 6.07) is 2.78. The topological polar surface area (TPSA) is 74.3 Å². The Kier molecular flexibility index (Phi) is 5.09. The van der Waals surface area contributed by atoms with Crippen LogP contribution in [0.3, 0.4) is 0 Å². The number of halogens is 2. The highest BCUT2D eigenvalue weighted by atomic mass is 79.9. The largest absolute Gasteiger partial charge is 0.369 e. The molecule has 1 fully saturated rings. The molecule has 0 bridgehead atoms. The van der Waals surface area contributed by atoms with Gasteiger partial charge in [-0.15, -0.1) is 11.3 Å². The first-order chi connectivity index (χ1) is 11.4. The van der Waals surface area contributed by atoms with Crippen molar-refractivity contribution in [3.8, 4) is 0 Å². The first-order valence-electron chi connectivity index (χ1n) is 7.22. The maximum Gasteiger partial charge on any atom is 0.266 e. The highest BCUT2D eigenvalue weighted by Gasteiger charge is 2.26. The molecular formula is C14H16BrFN4O2S2. The summed E-state index contributed by atoms with van der Waals surface area (Å²) in [5.41, 5.74) is 2.12. The zero-order valence-electron chi connectivity index (χ0n) is 12.8. The van der Waals surface area contributed by atoms with Gasteiger partial charge in [0.2, 0.25) is 0 Å². The minimum absolute atomic E-state index is 0.175. The molecule has 2 aromatic rings. The standard InChI is InChI=1S/C14H16BrFN4O2S2/c1-20(9-2-3-17-6-9)12-5-11(16)13(4-10(12)15)24(21,22)19-14-7-23-8-18-14/h4-5,7-9,17,19H,2-3,6H2,1H3. The maximum absolute atomic E-state index is 14.5. The monoisotopic (exact) mass is 434 g/mol. The van der Waals surface area contributed by atoms with E-state index in [1.807, 2.05) is 11.9 Å². The fourth-order valence-electron chi connectivity index (χ4n) is 2.62. The van der Waals surface area contributed by atoms with Crippen LogP contribution in [0.1, 0.15) is 6.42 Å². The minimum atomic E-state index is -4.04. The van der Waals surface area contributed by atoms with Crippen LogP contribution in [0.2, 0.25) is 0 Å². The lowest BCUT2D eigenvalue weighted by molar-refractivity contribution is 0.568. The predicted octanol–water partition coefficient (Wildman–Crippen LogP) is 2.64. The predicted molar refractivity (Wildman–Crippen MR) is 96.7 cm³/mol. The summed E-state index contributed by atoms with van der Waals surface area (Å²) in [6.45, 7) is 1.73. The van der Waals surface area contributed by atoms with E-state index in [4.69, 9.17) is 0 Å². The molecule has 3 rings (SSSR count). The second kappa shape index (κ2) is 6.95. The molecule has 1 aromatic heterocycles. The summed E-state index contributed by atoms with van der Waals surface area (Å²) in [5.74, 6) is -0.623. The second-order valence-corrected chi connectivity index (χ2v) is 8.69. The number of nitrogens with one attached hydrogen (secondary N) is 2. The fraction of sp³-hybridized carbons (Fsp3) is 0.357. The third kappa shape index (κ3) is 3.56. The first kappa shape index (κ1) is 17.6. The van der Waals surface area contributed by atoms with E-state index in [1.165, 1.54) is 29.0 Å². The molecule has 1 aromatic carbocycles. The molecule has 0 saturated carbocycles. The van der Waals surface area contributed by atoms with Gasteiger partial charge in [-0.3, -0.25) is 4.72 Å². The van der Waals surface area contributed by atoms with Crippen molar-refractivity contribution in [3.05, 3.63) is 33.3 Å². The van der Waals surface area contributed by atoms with Crippen LogP contribution in [0.5, 0.6) is 0 Å². The number of aromatic nitrogens is 1. The zero-order chi connectivity index (χ0) is 17.3. The third-order valence-corrected chi connectivity index (χ3v) is 6.52. The van der Waals surface area contributed by atoms with Gasteiger partial charge >= 0.3 is 0 Å². The molecule has 0 aliphatic carbocycles. The molecule has 24 heavy (non-hydrogen) atoms.